The molecule has 31 heavy (non-hydrogen) atoms. The Kier molecular flexibility index (Phi) is 6.74. The summed E-state index contributed by atoms with van der Waals surface area (Å²) in [6, 6.07) is 15.7. The summed E-state index contributed by atoms with van der Waals surface area (Å²) in [5, 5.41) is 0. The third-order valence-electron chi connectivity index (χ3n) is 5.34. The average molecular weight is 421 g/mol. The van der Waals surface area contributed by atoms with E-state index in [1.54, 1.807) is 43.3 Å². The lowest BCUT2D eigenvalue weighted by Gasteiger charge is -2.42. The molecule has 7 heteroatoms. The van der Waals surface area contributed by atoms with Crippen molar-refractivity contribution in [1.82, 2.24) is 4.90 Å². The number of Topliss-reactive ketones (excluding diaryl/α,β-unsaturated/α-hetero) is 3. The maximum absolute atomic E-state index is 13.5. The molecule has 0 bridgehead atoms. The Morgan fingerprint density at radius 3 is 1.94 bits per heavy atom. The number of likely N-dealkylation sites (tertiary alicyclic amines) is 1. The van der Waals surface area contributed by atoms with Crippen molar-refractivity contribution in [3.63, 3.8) is 0 Å². The van der Waals surface area contributed by atoms with Gasteiger partial charge < -0.3 is 9.64 Å². The highest BCUT2D eigenvalue weighted by atomic mass is 16.5. The lowest BCUT2D eigenvalue weighted by Crippen LogP contribution is -2.67. The number of hydrogen-bond acceptors (Lipinski definition) is 6. The molecule has 1 atom stereocenters. The van der Waals surface area contributed by atoms with Crippen LogP contribution in [-0.2, 0) is 19.1 Å². The highest BCUT2D eigenvalue weighted by molar-refractivity contribution is 6.51. The lowest BCUT2D eigenvalue weighted by atomic mass is 9.79. The fourth-order valence-electron chi connectivity index (χ4n) is 3.79. The number of esters is 1. The Morgan fingerprint density at radius 1 is 0.839 bits per heavy atom. The van der Waals surface area contributed by atoms with Gasteiger partial charge in [0, 0.05) is 17.7 Å². The third kappa shape index (κ3) is 4.17. The molecule has 1 aliphatic rings. The van der Waals surface area contributed by atoms with Gasteiger partial charge in [-0.2, -0.15) is 0 Å². The van der Waals surface area contributed by atoms with Crippen molar-refractivity contribution in [1.29, 1.82) is 0 Å². The molecule has 1 saturated heterocycles. The van der Waals surface area contributed by atoms with E-state index in [2.05, 4.69) is 0 Å². The standard InChI is InChI=1S/C24H23NO6/c1-2-31-23(30)24(21(28)19(26)17-11-5-3-6-12-17)15-9-10-16-25(24)22(29)20(27)18-13-7-4-8-14-18/h3-8,11-14H,2,9-10,15-16H2,1H3. The Balaban J connectivity index is 2.06. The number of hydrogen-bond donors (Lipinski definition) is 0. The van der Waals surface area contributed by atoms with E-state index >= 15 is 0 Å². The van der Waals surface area contributed by atoms with Gasteiger partial charge in [0.2, 0.25) is 22.9 Å². The largest absolute Gasteiger partial charge is 0.464 e. The second-order valence-electron chi connectivity index (χ2n) is 7.21. The van der Waals surface area contributed by atoms with Crippen LogP contribution < -0.4 is 0 Å². The first-order valence-corrected chi connectivity index (χ1v) is 10.2. The molecule has 1 unspecified atom stereocenters. The molecular weight excluding hydrogens is 398 g/mol. The van der Waals surface area contributed by atoms with Crippen LogP contribution >= 0.6 is 0 Å². The van der Waals surface area contributed by atoms with Crippen molar-refractivity contribution in [2.45, 2.75) is 31.7 Å². The lowest BCUT2D eigenvalue weighted by molar-refractivity contribution is -0.168. The van der Waals surface area contributed by atoms with Crippen LogP contribution in [-0.4, -0.2) is 52.8 Å². The maximum Gasteiger partial charge on any atom is 0.340 e. The monoisotopic (exact) mass is 421 g/mol. The van der Waals surface area contributed by atoms with Gasteiger partial charge in [-0.05, 0) is 26.2 Å². The summed E-state index contributed by atoms with van der Waals surface area (Å²) in [5.74, 6) is -4.81. The van der Waals surface area contributed by atoms with Crippen molar-refractivity contribution in [2.24, 2.45) is 0 Å². The highest BCUT2D eigenvalue weighted by Gasteiger charge is 2.58. The summed E-state index contributed by atoms with van der Waals surface area (Å²) < 4.78 is 5.14. The highest BCUT2D eigenvalue weighted by Crippen LogP contribution is 2.33. The first kappa shape index (κ1) is 22.1. The zero-order valence-corrected chi connectivity index (χ0v) is 17.2. The molecule has 1 heterocycles. The van der Waals surface area contributed by atoms with E-state index in [1.807, 2.05) is 0 Å². The number of nitrogens with zero attached hydrogens (tertiary/aromatic N) is 1. The van der Waals surface area contributed by atoms with Crippen LogP contribution in [0.25, 0.3) is 0 Å². The molecule has 7 nitrogen and oxygen atoms in total. The number of carbonyl (C=O) groups excluding carboxylic acids is 5. The second kappa shape index (κ2) is 9.47. The Hall–Kier alpha value is -3.61. The summed E-state index contributed by atoms with van der Waals surface area (Å²) in [5.41, 5.74) is -1.93. The molecule has 0 saturated carbocycles. The zero-order chi connectivity index (χ0) is 22.4. The minimum atomic E-state index is -2.16. The molecule has 1 fully saturated rings. The smallest absolute Gasteiger partial charge is 0.340 e. The van der Waals surface area contributed by atoms with Crippen LogP contribution in [0.1, 0.15) is 46.9 Å². The number of ketones is 3. The summed E-state index contributed by atoms with van der Waals surface area (Å²) >= 11 is 0. The third-order valence-corrected chi connectivity index (χ3v) is 5.34. The molecule has 0 spiro atoms. The quantitative estimate of drug-likeness (QED) is 0.295. The van der Waals surface area contributed by atoms with Gasteiger partial charge >= 0.3 is 5.97 Å². The first-order chi connectivity index (χ1) is 14.9. The second-order valence-corrected chi connectivity index (χ2v) is 7.21. The number of benzene rings is 2. The molecule has 2 aromatic rings. The number of carbonyl (C=O) groups is 5. The summed E-state index contributed by atoms with van der Waals surface area (Å²) in [4.78, 5) is 66.5. The van der Waals surface area contributed by atoms with Crippen molar-refractivity contribution in [3.8, 4) is 0 Å². The molecule has 0 N–H and O–H groups in total. The van der Waals surface area contributed by atoms with E-state index in [-0.39, 0.29) is 30.7 Å². The molecule has 3 rings (SSSR count). The van der Waals surface area contributed by atoms with Crippen LogP contribution in [0.4, 0.5) is 0 Å². The number of piperidine rings is 1. The van der Waals surface area contributed by atoms with E-state index < -0.39 is 34.8 Å². The van der Waals surface area contributed by atoms with Crippen molar-refractivity contribution in [3.05, 3.63) is 71.8 Å². The Bertz CT molecular complexity index is 1000. The van der Waals surface area contributed by atoms with Crippen LogP contribution in [0.3, 0.4) is 0 Å². The topological polar surface area (TPSA) is 97.8 Å². The van der Waals surface area contributed by atoms with Crippen LogP contribution in [0.5, 0.6) is 0 Å². The minimum absolute atomic E-state index is 0.00989. The normalized spacial score (nSPS) is 18.2. The Labute approximate surface area is 180 Å². The molecule has 0 aromatic heterocycles. The van der Waals surface area contributed by atoms with E-state index in [9.17, 15) is 24.0 Å². The number of rotatable bonds is 7. The number of amides is 1. The summed E-state index contributed by atoms with van der Waals surface area (Å²) in [6.07, 6.45) is 0.828. The molecule has 2 aromatic carbocycles. The molecule has 1 amide bonds. The SMILES string of the molecule is CCOC(=O)C1(C(=O)C(=O)c2ccccc2)CCCCN1C(=O)C(=O)c1ccccc1. The van der Waals surface area contributed by atoms with E-state index in [1.165, 1.54) is 24.3 Å². The average Bonchev–Trinajstić information content (AvgIpc) is 2.83. The summed E-state index contributed by atoms with van der Waals surface area (Å²) in [7, 11) is 0. The fraction of sp³-hybridized carbons (Fsp3) is 0.292. The van der Waals surface area contributed by atoms with Gasteiger partial charge in [0.05, 0.1) is 6.61 Å². The zero-order valence-electron chi connectivity index (χ0n) is 17.2. The number of ether oxygens (including phenoxy) is 1. The predicted octanol–water partition coefficient (Wildman–Crippen LogP) is 2.64. The predicted molar refractivity (Wildman–Crippen MR) is 111 cm³/mol. The van der Waals surface area contributed by atoms with Crippen LogP contribution in [0.2, 0.25) is 0 Å². The fourth-order valence-corrected chi connectivity index (χ4v) is 3.79. The van der Waals surface area contributed by atoms with Gasteiger partial charge in [-0.25, -0.2) is 4.79 Å². The van der Waals surface area contributed by atoms with E-state index in [4.69, 9.17) is 4.74 Å². The van der Waals surface area contributed by atoms with E-state index in [0.717, 1.165) is 4.90 Å². The molecule has 0 aliphatic carbocycles. The van der Waals surface area contributed by atoms with Crippen molar-refractivity contribution >= 4 is 29.2 Å². The van der Waals surface area contributed by atoms with Crippen molar-refractivity contribution in [2.75, 3.05) is 13.2 Å². The Morgan fingerprint density at radius 2 is 1.39 bits per heavy atom. The van der Waals surface area contributed by atoms with Crippen molar-refractivity contribution < 1.29 is 28.7 Å². The molecular formula is C24H23NO6. The van der Waals surface area contributed by atoms with Gasteiger partial charge in [0.25, 0.3) is 5.91 Å². The molecule has 0 radical (unpaired) electrons. The minimum Gasteiger partial charge on any atom is -0.464 e. The first-order valence-electron chi connectivity index (χ1n) is 10.2. The summed E-state index contributed by atoms with van der Waals surface area (Å²) in [6.45, 7) is 1.52. The molecule has 160 valence electrons. The van der Waals surface area contributed by atoms with Gasteiger partial charge in [0.15, 0.2) is 0 Å². The van der Waals surface area contributed by atoms with Gasteiger partial charge in [-0.15, -0.1) is 0 Å². The molecule has 1 aliphatic heterocycles. The maximum atomic E-state index is 13.5. The van der Waals surface area contributed by atoms with Gasteiger partial charge in [-0.3, -0.25) is 19.2 Å². The van der Waals surface area contributed by atoms with E-state index in [0.29, 0.717) is 12.8 Å². The van der Waals surface area contributed by atoms with Gasteiger partial charge in [0.1, 0.15) is 0 Å². The van der Waals surface area contributed by atoms with Crippen LogP contribution in [0, 0.1) is 0 Å². The van der Waals surface area contributed by atoms with Crippen LogP contribution in [0.15, 0.2) is 60.7 Å². The van der Waals surface area contributed by atoms with Gasteiger partial charge in [-0.1, -0.05) is 60.7 Å².